The molecule has 0 aromatic heterocycles. The van der Waals surface area contributed by atoms with Gasteiger partial charge in [-0.3, -0.25) is 19.3 Å². The van der Waals surface area contributed by atoms with Gasteiger partial charge in [0, 0.05) is 12.0 Å². The zero-order valence-corrected chi connectivity index (χ0v) is 12.6. The molecule has 1 fully saturated rings. The molecular formula is C14H13Cl2NO3. The predicted molar refractivity (Wildman–Crippen MR) is 75.9 cm³/mol. The van der Waals surface area contributed by atoms with Crippen LogP contribution in [0.5, 0.6) is 0 Å². The molecule has 4 nitrogen and oxygen atoms in total. The van der Waals surface area contributed by atoms with E-state index in [-0.39, 0.29) is 35.6 Å². The van der Waals surface area contributed by atoms with Crippen LogP contribution < -0.4 is 0 Å². The van der Waals surface area contributed by atoms with Crippen LogP contribution in [0.3, 0.4) is 0 Å². The van der Waals surface area contributed by atoms with E-state index in [0.29, 0.717) is 10.6 Å². The Bertz CT molecular complexity index is 610. The van der Waals surface area contributed by atoms with Gasteiger partial charge >= 0.3 is 0 Å². The van der Waals surface area contributed by atoms with E-state index in [1.54, 1.807) is 13.8 Å². The number of carbonyl (C=O) groups excluding carboxylic acids is 3. The number of nitrogens with zero attached hydrogens (tertiary/aromatic N) is 1. The summed E-state index contributed by atoms with van der Waals surface area (Å²) in [5, 5.41) is 0.606. The van der Waals surface area contributed by atoms with Crippen molar-refractivity contribution in [2.45, 2.75) is 20.3 Å². The summed E-state index contributed by atoms with van der Waals surface area (Å²) < 4.78 is 0. The Hall–Kier alpha value is -1.39. The maximum atomic E-state index is 12.1. The standard InChI is InChI=1S/C14H13Cl2NO3/c1-14(2)6-12(19)17(13(14)20)7-11(18)8-3-4-9(15)10(16)5-8/h3-5H,6-7H2,1-2H3. The van der Waals surface area contributed by atoms with Crippen LogP contribution in [0.25, 0.3) is 0 Å². The molecule has 0 bridgehead atoms. The van der Waals surface area contributed by atoms with E-state index in [1.165, 1.54) is 18.2 Å². The molecule has 1 heterocycles. The summed E-state index contributed by atoms with van der Waals surface area (Å²) >= 11 is 11.6. The predicted octanol–water partition coefficient (Wildman–Crippen LogP) is 2.96. The average molecular weight is 314 g/mol. The van der Waals surface area contributed by atoms with E-state index in [9.17, 15) is 14.4 Å². The van der Waals surface area contributed by atoms with Crippen LogP contribution in [0.2, 0.25) is 10.0 Å². The highest BCUT2D eigenvalue weighted by atomic mass is 35.5. The monoisotopic (exact) mass is 313 g/mol. The van der Waals surface area contributed by atoms with Crippen molar-refractivity contribution in [3.05, 3.63) is 33.8 Å². The lowest BCUT2D eigenvalue weighted by Gasteiger charge is -2.17. The molecule has 106 valence electrons. The number of imide groups is 1. The lowest BCUT2D eigenvalue weighted by atomic mass is 9.92. The second-order valence-electron chi connectivity index (χ2n) is 5.40. The number of halogens is 2. The molecular weight excluding hydrogens is 301 g/mol. The van der Waals surface area contributed by atoms with Crippen molar-refractivity contribution in [2.75, 3.05) is 6.54 Å². The Balaban J connectivity index is 2.18. The molecule has 0 atom stereocenters. The van der Waals surface area contributed by atoms with Crippen LogP contribution >= 0.6 is 23.2 Å². The van der Waals surface area contributed by atoms with Gasteiger partial charge in [-0.05, 0) is 18.2 Å². The number of rotatable bonds is 3. The van der Waals surface area contributed by atoms with Crippen LogP contribution in [0, 0.1) is 5.41 Å². The van der Waals surface area contributed by atoms with E-state index >= 15 is 0 Å². The van der Waals surface area contributed by atoms with Crippen molar-refractivity contribution in [2.24, 2.45) is 5.41 Å². The number of benzene rings is 1. The van der Waals surface area contributed by atoms with Crippen molar-refractivity contribution < 1.29 is 14.4 Å². The molecule has 1 aliphatic heterocycles. The fourth-order valence-electron chi connectivity index (χ4n) is 2.09. The lowest BCUT2D eigenvalue weighted by molar-refractivity contribution is -0.140. The number of carbonyl (C=O) groups is 3. The van der Waals surface area contributed by atoms with Gasteiger partial charge in [-0.15, -0.1) is 0 Å². The maximum absolute atomic E-state index is 12.1. The van der Waals surface area contributed by atoms with Gasteiger partial charge in [0.05, 0.1) is 22.0 Å². The molecule has 0 unspecified atom stereocenters. The number of amides is 2. The first-order valence-electron chi connectivity index (χ1n) is 6.05. The Kier molecular flexibility index (Phi) is 3.89. The van der Waals surface area contributed by atoms with Gasteiger partial charge in [0.1, 0.15) is 0 Å². The van der Waals surface area contributed by atoms with Gasteiger partial charge in [-0.2, -0.15) is 0 Å². The Morgan fingerprint density at radius 1 is 1.25 bits per heavy atom. The summed E-state index contributed by atoms with van der Waals surface area (Å²) in [5.41, 5.74) is -0.417. The first-order valence-corrected chi connectivity index (χ1v) is 6.81. The summed E-state index contributed by atoms with van der Waals surface area (Å²) in [6.07, 6.45) is 0.125. The van der Waals surface area contributed by atoms with Crippen LogP contribution in [0.15, 0.2) is 18.2 Å². The summed E-state index contributed by atoms with van der Waals surface area (Å²) in [6.45, 7) is 3.12. The molecule has 1 saturated heterocycles. The van der Waals surface area contributed by atoms with Crippen LogP contribution in [0.1, 0.15) is 30.6 Å². The fraction of sp³-hybridized carbons (Fsp3) is 0.357. The third-order valence-corrected chi connectivity index (χ3v) is 4.00. The van der Waals surface area contributed by atoms with E-state index in [4.69, 9.17) is 23.2 Å². The number of hydrogen-bond acceptors (Lipinski definition) is 3. The summed E-state index contributed by atoms with van der Waals surface area (Å²) in [7, 11) is 0. The highest BCUT2D eigenvalue weighted by molar-refractivity contribution is 6.42. The van der Waals surface area contributed by atoms with Gasteiger partial charge in [-0.25, -0.2) is 0 Å². The molecule has 0 radical (unpaired) electrons. The fourth-order valence-corrected chi connectivity index (χ4v) is 2.39. The summed E-state index contributed by atoms with van der Waals surface area (Å²) in [5.74, 6) is -0.993. The van der Waals surface area contributed by atoms with Gasteiger partial charge in [0.2, 0.25) is 11.8 Å². The van der Waals surface area contributed by atoms with Gasteiger partial charge in [0.25, 0.3) is 0 Å². The average Bonchev–Trinajstić information content (AvgIpc) is 2.55. The first-order chi connectivity index (χ1) is 9.22. The SMILES string of the molecule is CC1(C)CC(=O)N(CC(=O)c2ccc(Cl)c(Cl)c2)C1=O. The third-order valence-electron chi connectivity index (χ3n) is 3.26. The number of likely N-dealkylation sites (tertiary alicyclic amines) is 1. The van der Waals surface area contributed by atoms with Crippen LogP contribution in [-0.4, -0.2) is 29.0 Å². The minimum absolute atomic E-state index is 0.125. The first kappa shape index (κ1) is 15.0. The molecule has 0 N–H and O–H groups in total. The van der Waals surface area contributed by atoms with Crippen LogP contribution in [-0.2, 0) is 9.59 Å². The highest BCUT2D eigenvalue weighted by Gasteiger charge is 2.45. The quantitative estimate of drug-likeness (QED) is 0.637. The molecule has 1 aliphatic rings. The summed E-state index contributed by atoms with van der Waals surface area (Å²) in [6, 6.07) is 4.46. The Morgan fingerprint density at radius 3 is 2.40 bits per heavy atom. The molecule has 0 saturated carbocycles. The topological polar surface area (TPSA) is 54.5 Å². The molecule has 2 amide bonds. The minimum Gasteiger partial charge on any atom is -0.292 e. The largest absolute Gasteiger partial charge is 0.292 e. The van der Waals surface area contributed by atoms with Gasteiger partial charge in [0.15, 0.2) is 5.78 Å². The molecule has 6 heteroatoms. The number of hydrogen-bond donors (Lipinski definition) is 0. The molecule has 1 aromatic carbocycles. The second kappa shape index (κ2) is 5.19. The summed E-state index contributed by atoms with van der Waals surface area (Å²) in [4.78, 5) is 36.9. The smallest absolute Gasteiger partial charge is 0.235 e. The Morgan fingerprint density at radius 2 is 1.90 bits per heavy atom. The van der Waals surface area contributed by atoms with Gasteiger partial charge in [-0.1, -0.05) is 37.0 Å². The normalized spacial score (nSPS) is 17.7. The zero-order chi connectivity index (χ0) is 15.1. The van der Waals surface area contributed by atoms with E-state index in [2.05, 4.69) is 0 Å². The van der Waals surface area contributed by atoms with E-state index in [1.807, 2.05) is 0 Å². The minimum atomic E-state index is -0.741. The maximum Gasteiger partial charge on any atom is 0.235 e. The molecule has 0 spiro atoms. The van der Waals surface area contributed by atoms with Crippen molar-refractivity contribution in [3.8, 4) is 0 Å². The van der Waals surface area contributed by atoms with Crippen molar-refractivity contribution in [3.63, 3.8) is 0 Å². The highest BCUT2D eigenvalue weighted by Crippen LogP contribution is 2.31. The van der Waals surface area contributed by atoms with Crippen molar-refractivity contribution >= 4 is 40.8 Å². The Labute approximate surface area is 126 Å². The van der Waals surface area contributed by atoms with E-state index < -0.39 is 5.41 Å². The van der Waals surface area contributed by atoms with Crippen molar-refractivity contribution in [1.82, 2.24) is 4.90 Å². The molecule has 2 rings (SSSR count). The third kappa shape index (κ3) is 2.72. The van der Waals surface area contributed by atoms with Crippen molar-refractivity contribution in [1.29, 1.82) is 0 Å². The second-order valence-corrected chi connectivity index (χ2v) is 6.21. The van der Waals surface area contributed by atoms with Crippen LogP contribution in [0.4, 0.5) is 0 Å². The number of Topliss-reactive ketones (excluding diaryl/α,β-unsaturated/α-hetero) is 1. The number of ketones is 1. The molecule has 1 aromatic rings. The molecule has 20 heavy (non-hydrogen) atoms. The molecule has 0 aliphatic carbocycles. The lowest BCUT2D eigenvalue weighted by Crippen LogP contribution is -2.37. The zero-order valence-electron chi connectivity index (χ0n) is 11.1. The van der Waals surface area contributed by atoms with E-state index in [0.717, 1.165) is 4.90 Å². The van der Waals surface area contributed by atoms with Gasteiger partial charge < -0.3 is 0 Å².